The monoisotopic (exact) mass is 337 g/mol. The van der Waals surface area contributed by atoms with Crippen molar-refractivity contribution in [3.05, 3.63) is 70.6 Å². The first kappa shape index (κ1) is 16.4. The van der Waals surface area contributed by atoms with Crippen molar-refractivity contribution in [3.8, 4) is 11.1 Å². The van der Waals surface area contributed by atoms with Crippen molar-refractivity contribution in [1.82, 2.24) is 5.32 Å². The maximum Gasteiger partial charge on any atom is 0.344 e. The number of benzene rings is 2. The average Bonchev–Trinajstić information content (AvgIpc) is 2.61. The second-order valence-electron chi connectivity index (χ2n) is 5.60. The molecule has 0 radical (unpaired) electrons. The Morgan fingerprint density at radius 2 is 1.84 bits per heavy atom. The predicted molar refractivity (Wildman–Crippen MR) is 92.5 cm³/mol. The summed E-state index contributed by atoms with van der Waals surface area (Å²) in [7, 11) is 0. The molecular weight excluding hydrogens is 322 g/mol. The van der Waals surface area contributed by atoms with Gasteiger partial charge in [-0.05, 0) is 36.8 Å². The number of fused-ring (bicyclic) bond motifs is 1. The van der Waals surface area contributed by atoms with E-state index in [9.17, 15) is 14.4 Å². The zero-order valence-electron chi connectivity index (χ0n) is 13.4. The van der Waals surface area contributed by atoms with Crippen molar-refractivity contribution in [3.63, 3.8) is 0 Å². The van der Waals surface area contributed by atoms with Crippen LogP contribution in [0.15, 0.2) is 63.8 Å². The molecule has 0 unspecified atom stereocenters. The number of hydrogen-bond donors (Lipinski definition) is 2. The quantitative estimate of drug-likeness (QED) is 0.714. The highest BCUT2D eigenvalue weighted by Crippen LogP contribution is 2.22. The van der Waals surface area contributed by atoms with E-state index in [-0.39, 0.29) is 5.56 Å². The Balaban J connectivity index is 1.99. The molecule has 1 heterocycles. The van der Waals surface area contributed by atoms with Gasteiger partial charge in [0.05, 0.1) is 5.56 Å². The van der Waals surface area contributed by atoms with E-state index in [1.807, 2.05) is 12.1 Å². The molecule has 0 aliphatic carbocycles. The first-order valence-electron chi connectivity index (χ1n) is 7.62. The number of carbonyl (C=O) groups excluding carboxylic acids is 1. The van der Waals surface area contributed by atoms with E-state index in [0.29, 0.717) is 16.7 Å². The third kappa shape index (κ3) is 3.42. The van der Waals surface area contributed by atoms with E-state index in [1.165, 1.54) is 13.0 Å². The molecule has 0 saturated heterocycles. The second kappa shape index (κ2) is 6.60. The smallest absolute Gasteiger partial charge is 0.344 e. The van der Waals surface area contributed by atoms with Crippen molar-refractivity contribution >= 4 is 22.8 Å². The van der Waals surface area contributed by atoms with Crippen molar-refractivity contribution < 1.29 is 19.1 Å². The van der Waals surface area contributed by atoms with Crippen LogP contribution in [-0.2, 0) is 4.79 Å². The molecule has 1 aromatic heterocycles. The molecule has 0 aliphatic heterocycles. The molecule has 25 heavy (non-hydrogen) atoms. The van der Waals surface area contributed by atoms with Gasteiger partial charge in [-0.1, -0.05) is 30.3 Å². The Morgan fingerprint density at radius 1 is 1.08 bits per heavy atom. The number of carboxylic acid groups (broad SMARTS) is 1. The Hall–Kier alpha value is -3.41. The number of para-hydroxylation sites is 1. The molecule has 0 saturated carbocycles. The van der Waals surface area contributed by atoms with Crippen LogP contribution in [0.4, 0.5) is 0 Å². The fourth-order valence-corrected chi connectivity index (χ4v) is 2.43. The summed E-state index contributed by atoms with van der Waals surface area (Å²) in [6.45, 7) is 1.38. The highest BCUT2D eigenvalue weighted by molar-refractivity contribution is 5.97. The van der Waals surface area contributed by atoms with Gasteiger partial charge < -0.3 is 14.8 Å². The molecule has 0 fully saturated rings. The van der Waals surface area contributed by atoms with Gasteiger partial charge in [0.15, 0.2) is 0 Å². The first-order valence-corrected chi connectivity index (χ1v) is 7.62. The van der Waals surface area contributed by atoms with Gasteiger partial charge in [-0.15, -0.1) is 0 Å². The average molecular weight is 337 g/mol. The zero-order chi connectivity index (χ0) is 18.0. The molecule has 2 N–H and O–H groups in total. The van der Waals surface area contributed by atoms with Gasteiger partial charge in [0.2, 0.25) is 0 Å². The maximum atomic E-state index is 12.2. The van der Waals surface area contributed by atoms with E-state index < -0.39 is 23.5 Å². The third-order valence-electron chi connectivity index (χ3n) is 3.80. The normalized spacial score (nSPS) is 11.9. The van der Waals surface area contributed by atoms with E-state index in [0.717, 1.165) is 5.39 Å². The summed E-state index contributed by atoms with van der Waals surface area (Å²) < 4.78 is 5.31. The minimum Gasteiger partial charge on any atom is -0.480 e. The summed E-state index contributed by atoms with van der Waals surface area (Å²) in [4.78, 5) is 35.3. The van der Waals surface area contributed by atoms with Gasteiger partial charge in [0.1, 0.15) is 11.6 Å². The van der Waals surface area contributed by atoms with Crippen LogP contribution in [-0.4, -0.2) is 23.0 Å². The Kier molecular flexibility index (Phi) is 4.35. The Labute approximate surface area is 142 Å². The van der Waals surface area contributed by atoms with Crippen molar-refractivity contribution in [2.45, 2.75) is 13.0 Å². The lowest BCUT2D eigenvalue weighted by Gasteiger charge is -2.10. The molecular formula is C19H15NO5. The molecule has 2 aromatic carbocycles. The number of carbonyl (C=O) groups is 2. The Morgan fingerprint density at radius 3 is 2.60 bits per heavy atom. The maximum absolute atomic E-state index is 12.2. The lowest BCUT2D eigenvalue weighted by Crippen LogP contribution is -2.38. The fourth-order valence-electron chi connectivity index (χ4n) is 2.43. The van der Waals surface area contributed by atoms with Gasteiger partial charge in [-0.3, -0.25) is 9.59 Å². The summed E-state index contributed by atoms with van der Waals surface area (Å²) in [6.07, 6.45) is 0. The molecule has 3 aromatic rings. The van der Waals surface area contributed by atoms with Gasteiger partial charge >= 0.3 is 11.6 Å². The number of carboxylic acids is 1. The van der Waals surface area contributed by atoms with E-state index in [2.05, 4.69) is 5.32 Å². The molecule has 0 bridgehead atoms. The summed E-state index contributed by atoms with van der Waals surface area (Å²) >= 11 is 0. The van der Waals surface area contributed by atoms with Crippen LogP contribution in [0, 0.1) is 0 Å². The summed E-state index contributed by atoms with van der Waals surface area (Å²) in [5.74, 6) is -1.65. The lowest BCUT2D eigenvalue weighted by atomic mass is 10.0. The molecule has 6 heteroatoms. The van der Waals surface area contributed by atoms with E-state index in [4.69, 9.17) is 9.52 Å². The lowest BCUT2D eigenvalue weighted by molar-refractivity contribution is -0.138. The number of aliphatic carboxylic acids is 1. The number of nitrogens with one attached hydrogen (secondary N) is 1. The second-order valence-corrected chi connectivity index (χ2v) is 5.60. The van der Waals surface area contributed by atoms with Crippen LogP contribution < -0.4 is 10.9 Å². The topological polar surface area (TPSA) is 96.6 Å². The molecule has 1 amide bonds. The Bertz CT molecular complexity index is 1020. The molecule has 0 aliphatic rings. The van der Waals surface area contributed by atoms with Gasteiger partial charge in [-0.2, -0.15) is 0 Å². The summed E-state index contributed by atoms with van der Waals surface area (Å²) in [5, 5.41) is 12.0. The van der Waals surface area contributed by atoms with Crippen LogP contribution in [0.25, 0.3) is 22.1 Å². The van der Waals surface area contributed by atoms with Crippen LogP contribution in [0.5, 0.6) is 0 Å². The first-order chi connectivity index (χ1) is 12.0. The molecule has 1 atom stereocenters. The minimum atomic E-state index is -1.13. The molecule has 3 rings (SSSR count). The summed E-state index contributed by atoms with van der Waals surface area (Å²) in [6, 6.07) is 14.2. The van der Waals surface area contributed by atoms with E-state index in [1.54, 1.807) is 36.4 Å². The minimum absolute atomic E-state index is 0.262. The molecule has 0 spiro atoms. The van der Waals surface area contributed by atoms with E-state index >= 15 is 0 Å². The third-order valence-corrected chi connectivity index (χ3v) is 3.80. The largest absolute Gasteiger partial charge is 0.480 e. The predicted octanol–water partition coefficient (Wildman–Crippen LogP) is 2.66. The van der Waals surface area contributed by atoms with Gasteiger partial charge in [0.25, 0.3) is 5.91 Å². The van der Waals surface area contributed by atoms with Gasteiger partial charge in [0, 0.05) is 10.9 Å². The van der Waals surface area contributed by atoms with Gasteiger partial charge in [-0.25, -0.2) is 4.79 Å². The number of amides is 1. The molecule has 126 valence electrons. The standard InChI is InChI=1S/C19H15NO5/c1-11(18(22)23)20-17(21)14-7-4-6-12(9-14)15-10-13-5-2-3-8-16(13)25-19(15)24/h2-11H,1H3,(H,20,21)(H,22,23)/t11-/m0/s1. The van der Waals surface area contributed by atoms with Crippen LogP contribution in [0.2, 0.25) is 0 Å². The van der Waals surface area contributed by atoms with Crippen molar-refractivity contribution in [2.24, 2.45) is 0 Å². The van der Waals surface area contributed by atoms with Crippen LogP contribution in [0.1, 0.15) is 17.3 Å². The number of rotatable bonds is 4. The SMILES string of the molecule is C[C@H](NC(=O)c1cccc(-c2cc3ccccc3oc2=O)c1)C(=O)O. The number of hydrogen-bond acceptors (Lipinski definition) is 4. The molecule has 6 nitrogen and oxygen atoms in total. The highest BCUT2D eigenvalue weighted by atomic mass is 16.4. The van der Waals surface area contributed by atoms with Crippen molar-refractivity contribution in [1.29, 1.82) is 0 Å². The van der Waals surface area contributed by atoms with Crippen molar-refractivity contribution in [2.75, 3.05) is 0 Å². The van der Waals surface area contributed by atoms with Crippen LogP contribution >= 0.6 is 0 Å². The highest BCUT2D eigenvalue weighted by Gasteiger charge is 2.16. The summed E-state index contributed by atoms with van der Waals surface area (Å²) in [5.41, 5.74) is 1.10. The zero-order valence-corrected chi connectivity index (χ0v) is 13.4. The fraction of sp³-hybridized carbons (Fsp3) is 0.105. The van der Waals surface area contributed by atoms with Crippen LogP contribution in [0.3, 0.4) is 0 Å².